The first-order valence-corrected chi connectivity index (χ1v) is 3.41. The second-order valence-electron chi connectivity index (χ2n) is 2.48. The van der Waals surface area contributed by atoms with Gasteiger partial charge in [-0.2, -0.15) is 0 Å². The molecule has 0 aromatic carbocycles. The van der Waals surface area contributed by atoms with Gasteiger partial charge < -0.3 is 14.8 Å². The van der Waals surface area contributed by atoms with Gasteiger partial charge in [-0.05, 0) is 0 Å². The highest BCUT2D eigenvalue weighted by Crippen LogP contribution is 2.12. The van der Waals surface area contributed by atoms with Crippen LogP contribution in [0.1, 0.15) is 1.43 Å². The zero-order chi connectivity index (χ0) is 6.10. The van der Waals surface area contributed by atoms with Gasteiger partial charge in [-0.1, -0.05) is 0 Å². The van der Waals surface area contributed by atoms with E-state index in [0.717, 1.165) is 26.3 Å². The summed E-state index contributed by atoms with van der Waals surface area (Å²) >= 11 is 0. The Bertz CT molecular complexity index is 99.9. The van der Waals surface area contributed by atoms with E-state index in [9.17, 15) is 0 Å². The van der Waals surface area contributed by atoms with Gasteiger partial charge in [0.05, 0.1) is 25.4 Å². The zero-order valence-electron chi connectivity index (χ0n) is 5.30. The normalized spacial score (nSPS) is 42.7. The predicted octanol–water partition coefficient (Wildman–Crippen LogP) is -0.380. The molecule has 3 heteroatoms. The number of ether oxygens (including phenoxy) is 2. The summed E-state index contributed by atoms with van der Waals surface area (Å²) in [5, 5.41) is 3.21. The van der Waals surface area contributed by atoms with E-state index in [-0.39, 0.29) is 1.43 Å². The molecule has 3 nitrogen and oxygen atoms in total. The number of hydrogen-bond acceptors (Lipinski definition) is 3. The second-order valence-corrected chi connectivity index (χ2v) is 2.48. The Kier molecular flexibility index (Phi) is 1.41. The van der Waals surface area contributed by atoms with Gasteiger partial charge in [-0.25, -0.2) is 0 Å². The van der Waals surface area contributed by atoms with Gasteiger partial charge >= 0.3 is 0 Å². The van der Waals surface area contributed by atoms with E-state index < -0.39 is 0 Å². The minimum absolute atomic E-state index is 0. The molecule has 2 rings (SSSR count). The van der Waals surface area contributed by atoms with Crippen molar-refractivity contribution in [1.29, 1.82) is 0 Å². The molecule has 2 aliphatic heterocycles. The summed E-state index contributed by atoms with van der Waals surface area (Å²) in [6.45, 7) is 3.46. The van der Waals surface area contributed by atoms with Crippen LogP contribution in [0.4, 0.5) is 0 Å². The van der Waals surface area contributed by atoms with Crippen LogP contribution in [0, 0.1) is 0 Å². The third-order valence-corrected chi connectivity index (χ3v) is 1.85. The molecule has 1 N–H and O–H groups in total. The third-order valence-electron chi connectivity index (χ3n) is 1.85. The smallest absolute Gasteiger partial charge is 0.0974 e. The van der Waals surface area contributed by atoms with Crippen molar-refractivity contribution in [2.45, 2.75) is 12.2 Å². The average molecular weight is 131 g/mol. The Balaban J connectivity index is 0.000000500. The molecule has 2 heterocycles. The molecule has 0 bridgehead atoms. The van der Waals surface area contributed by atoms with Crippen molar-refractivity contribution in [3.8, 4) is 0 Å². The van der Waals surface area contributed by atoms with Crippen LogP contribution < -0.4 is 5.32 Å². The molecule has 0 unspecified atom stereocenters. The summed E-state index contributed by atoms with van der Waals surface area (Å²) in [7, 11) is 0. The molecule has 0 spiro atoms. The predicted molar refractivity (Wildman–Crippen MR) is 34.5 cm³/mol. The fraction of sp³-hybridized carbons (Fsp3) is 1.00. The lowest BCUT2D eigenvalue weighted by Gasteiger charge is -2.24. The molecule has 2 saturated heterocycles. The summed E-state index contributed by atoms with van der Waals surface area (Å²) < 4.78 is 10.8. The highest BCUT2D eigenvalue weighted by Gasteiger charge is 2.30. The Morgan fingerprint density at radius 1 is 1.11 bits per heavy atom. The molecule has 0 radical (unpaired) electrons. The van der Waals surface area contributed by atoms with Crippen molar-refractivity contribution < 1.29 is 10.9 Å². The number of nitrogens with one attached hydrogen (secondary N) is 1. The first-order chi connectivity index (χ1) is 4.47. The monoisotopic (exact) mass is 131 g/mol. The summed E-state index contributed by atoms with van der Waals surface area (Å²) in [6, 6.07) is 0. The van der Waals surface area contributed by atoms with E-state index in [0.29, 0.717) is 12.2 Å². The lowest BCUT2D eigenvalue weighted by molar-refractivity contribution is -0.116. The van der Waals surface area contributed by atoms with Gasteiger partial charge in [0.25, 0.3) is 0 Å². The molecule has 2 aliphatic rings. The molecule has 2 atom stereocenters. The molecule has 0 aromatic heterocycles. The zero-order valence-corrected chi connectivity index (χ0v) is 5.30. The topological polar surface area (TPSA) is 30.5 Å². The van der Waals surface area contributed by atoms with Crippen LogP contribution in [0.5, 0.6) is 0 Å². The van der Waals surface area contributed by atoms with Crippen LogP contribution in [0.2, 0.25) is 0 Å². The van der Waals surface area contributed by atoms with Crippen molar-refractivity contribution >= 4 is 0 Å². The Hall–Kier alpha value is -0.120. The maximum Gasteiger partial charge on any atom is 0.0974 e. The minimum atomic E-state index is 0. The van der Waals surface area contributed by atoms with Crippen molar-refractivity contribution in [2.24, 2.45) is 0 Å². The molecule has 0 amide bonds. The van der Waals surface area contributed by atoms with Crippen molar-refractivity contribution in [2.75, 3.05) is 26.3 Å². The molecular formula is C6H13NO2. The first-order valence-electron chi connectivity index (χ1n) is 3.41. The second kappa shape index (κ2) is 2.25. The molecule has 54 valence electrons. The molecule has 0 aliphatic carbocycles. The highest BCUT2D eigenvalue weighted by atomic mass is 16.6. The average Bonchev–Trinajstić information content (AvgIpc) is 2.33. The third kappa shape index (κ3) is 0.956. The van der Waals surface area contributed by atoms with Crippen LogP contribution in [-0.4, -0.2) is 38.5 Å². The molecular weight excluding hydrogens is 118 g/mol. The molecule has 0 saturated carbocycles. The van der Waals surface area contributed by atoms with Crippen LogP contribution in [0.3, 0.4) is 0 Å². The summed E-state index contributed by atoms with van der Waals surface area (Å²) in [6.07, 6.45) is 0.664. The van der Waals surface area contributed by atoms with Crippen molar-refractivity contribution in [3.63, 3.8) is 0 Å². The van der Waals surface area contributed by atoms with Crippen LogP contribution in [0.25, 0.3) is 0 Å². The summed E-state index contributed by atoms with van der Waals surface area (Å²) in [5.74, 6) is 0. The summed E-state index contributed by atoms with van der Waals surface area (Å²) in [5.41, 5.74) is 0. The van der Waals surface area contributed by atoms with Crippen LogP contribution in [0.15, 0.2) is 0 Å². The SMILES string of the molecule is C1CO[C@@H]2CNC[C@H]2O1.[HH]. The Morgan fingerprint density at radius 3 is 2.22 bits per heavy atom. The van der Waals surface area contributed by atoms with Gasteiger partial charge in [-0.15, -0.1) is 0 Å². The highest BCUT2D eigenvalue weighted by molar-refractivity contribution is 4.84. The number of rotatable bonds is 0. The molecule has 2 fully saturated rings. The number of fused-ring (bicyclic) bond motifs is 1. The van der Waals surface area contributed by atoms with Gasteiger partial charge in [0.15, 0.2) is 0 Å². The Labute approximate surface area is 55.8 Å². The maximum absolute atomic E-state index is 5.41. The minimum Gasteiger partial charge on any atom is -0.372 e. The van der Waals surface area contributed by atoms with E-state index in [1.807, 2.05) is 0 Å². The van der Waals surface area contributed by atoms with E-state index in [1.54, 1.807) is 0 Å². The lowest BCUT2D eigenvalue weighted by Crippen LogP contribution is -2.36. The Morgan fingerprint density at radius 2 is 1.67 bits per heavy atom. The number of hydrogen-bond donors (Lipinski definition) is 1. The first kappa shape index (κ1) is 5.65. The van der Waals surface area contributed by atoms with Crippen LogP contribution in [-0.2, 0) is 9.47 Å². The fourth-order valence-corrected chi connectivity index (χ4v) is 1.36. The molecule has 9 heavy (non-hydrogen) atoms. The van der Waals surface area contributed by atoms with Crippen LogP contribution >= 0.6 is 0 Å². The van der Waals surface area contributed by atoms with E-state index in [2.05, 4.69) is 5.32 Å². The van der Waals surface area contributed by atoms with Crippen molar-refractivity contribution in [3.05, 3.63) is 0 Å². The largest absolute Gasteiger partial charge is 0.372 e. The standard InChI is InChI=1S/C6H11NO2.H2/c1-2-9-6-4-7-3-5(6)8-1;/h5-7H,1-4H2;1H/t5-,6-;/m1./s1. The van der Waals surface area contributed by atoms with Gasteiger partial charge in [-0.3, -0.25) is 0 Å². The lowest BCUT2D eigenvalue weighted by atomic mass is 10.2. The van der Waals surface area contributed by atoms with E-state index in [1.165, 1.54) is 0 Å². The van der Waals surface area contributed by atoms with Gasteiger partial charge in [0.1, 0.15) is 0 Å². The molecule has 0 aromatic rings. The van der Waals surface area contributed by atoms with E-state index in [4.69, 9.17) is 9.47 Å². The van der Waals surface area contributed by atoms with Gasteiger partial charge in [0, 0.05) is 14.5 Å². The summed E-state index contributed by atoms with van der Waals surface area (Å²) in [4.78, 5) is 0. The quantitative estimate of drug-likeness (QED) is 0.486. The van der Waals surface area contributed by atoms with Crippen molar-refractivity contribution in [1.82, 2.24) is 5.32 Å². The van der Waals surface area contributed by atoms with Gasteiger partial charge in [0.2, 0.25) is 0 Å². The van der Waals surface area contributed by atoms with E-state index >= 15 is 0 Å². The maximum atomic E-state index is 5.41. The fourth-order valence-electron chi connectivity index (χ4n) is 1.36.